The Balaban J connectivity index is 1.86. The van der Waals surface area contributed by atoms with E-state index in [0.717, 1.165) is 13.2 Å². The molecule has 0 aliphatic heterocycles. The van der Waals surface area contributed by atoms with Gasteiger partial charge in [0.25, 0.3) is 0 Å². The highest BCUT2D eigenvalue weighted by molar-refractivity contribution is 5.24. The quantitative estimate of drug-likeness (QED) is 0.865. The van der Waals surface area contributed by atoms with Gasteiger partial charge in [-0.1, -0.05) is 44.5 Å². The molecule has 18 heavy (non-hydrogen) atoms. The summed E-state index contributed by atoms with van der Waals surface area (Å²) in [5.41, 5.74) is 8.42. The van der Waals surface area contributed by atoms with Crippen molar-refractivity contribution in [3.63, 3.8) is 0 Å². The molecule has 0 bridgehead atoms. The van der Waals surface area contributed by atoms with Gasteiger partial charge >= 0.3 is 0 Å². The smallest absolute Gasteiger partial charge is 0.0720 e. The lowest BCUT2D eigenvalue weighted by atomic mass is 10.0. The molecule has 0 radical (unpaired) electrons. The fraction of sp³-hybridized carbons (Fsp3) is 0.625. The number of benzene rings is 1. The minimum atomic E-state index is 0.375. The largest absolute Gasteiger partial charge is 0.373 e. The van der Waals surface area contributed by atoms with E-state index in [9.17, 15) is 0 Å². The number of hydrogen-bond acceptors (Lipinski definition) is 2. The summed E-state index contributed by atoms with van der Waals surface area (Å²) in [6.45, 7) is 5.92. The number of ether oxygens (including phenoxy) is 1. The third kappa shape index (κ3) is 3.33. The van der Waals surface area contributed by atoms with Crippen LogP contribution >= 0.6 is 0 Å². The highest BCUT2D eigenvalue weighted by Gasteiger charge is 2.26. The summed E-state index contributed by atoms with van der Waals surface area (Å²) in [7, 11) is 0. The summed E-state index contributed by atoms with van der Waals surface area (Å²) < 4.78 is 6.01. The fourth-order valence-corrected chi connectivity index (χ4v) is 2.69. The van der Waals surface area contributed by atoms with Crippen molar-refractivity contribution in [2.75, 3.05) is 6.54 Å². The van der Waals surface area contributed by atoms with Crippen LogP contribution in [0.3, 0.4) is 0 Å². The van der Waals surface area contributed by atoms with E-state index in [1.54, 1.807) is 0 Å². The molecule has 1 aromatic carbocycles. The van der Waals surface area contributed by atoms with Crippen LogP contribution in [0.15, 0.2) is 24.3 Å². The van der Waals surface area contributed by atoms with Crippen molar-refractivity contribution in [3.05, 3.63) is 35.4 Å². The molecule has 2 nitrogen and oxygen atoms in total. The zero-order valence-corrected chi connectivity index (χ0v) is 11.6. The minimum absolute atomic E-state index is 0.375. The molecule has 0 saturated heterocycles. The average Bonchev–Trinajstić information content (AvgIpc) is 2.84. The molecule has 2 rings (SSSR count). The van der Waals surface area contributed by atoms with Crippen molar-refractivity contribution >= 4 is 0 Å². The third-order valence-electron chi connectivity index (χ3n) is 4.00. The molecule has 2 unspecified atom stereocenters. The second-order valence-corrected chi connectivity index (χ2v) is 5.67. The SMILES string of the molecule is CC(C)c1ccc(COC2CCCC2CN)cc1. The summed E-state index contributed by atoms with van der Waals surface area (Å²) >= 11 is 0. The van der Waals surface area contributed by atoms with Gasteiger partial charge in [0.05, 0.1) is 12.7 Å². The van der Waals surface area contributed by atoms with Gasteiger partial charge in [0, 0.05) is 0 Å². The maximum absolute atomic E-state index is 6.01. The Kier molecular flexibility index (Phi) is 4.79. The Bertz CT molecular complexity index is 358. The second kappa shape index (κ2) is 6.35. The van der Waals surface area contributed by atoms with E-state index in [4.69, 9.17) is 10.5 Å². The maximum atomic E-state index is 6.01. The van der Waals surface area contributed by atoms with Crippen LogP contribution in [-0.4, -0.2) is 12.6 Å². The molecule has 2 atom stereocenters. The number of nitrogens with two attached hydrogens (primary N) is 1. The van der Waals surface area contributed by atoms with E-state index in [0.29, 0.717) is 17.9 Å². The molecule has 1 aliphatic rings. The van der Waals surface area contributed by atoms with Crippen LogP contribution in [-0.2, 0) is 11.3 Å². The summed E-state index contributed by atoms with van der Waals surface area (Å²) in [5, 5.41) is 0. The Morgan fingerprint density at radius 3 is 2.56 bits per heavy atom. The van der Waals surface area contributed by atoms with Crippen LogP contribution in [0.2, 0.25) is 0 Å². The zero-order chi connectivity index (χ0) is 13.0. The Morgan fingerprint density at radius 2 is 1.94 bits per heavy atom. The lowest BCUT2D eigenvalue weighted by molar-refractivity contribution is 0.0182. The highest BCUT2D eigenvalue weighted by atomic mass is 16.5. The second-order valence-electron chi connectivity index (χ2n) is 5.67. The summed E-state index contributed by atoms with van der Waals surface area (Å²) in [6, 6.07) is 8.78. The van der Waals surface area contributed by atoms with E-state index in [2.05, 4.69) is 38.1 Å². The zero-order valence-electron chi connectivity index (χ0n) is 11.6. The topological polar surface area (TPSA) is 35.2 Å². The molecule has 1 saturated carbocycles. The van der Waals surface area contributed by atoms with Crippen LogP contribution < -0.4 is 5.73 Å². The van der Waals surface area contributed by atoms with Gasteiger partial charge in [-0.25, -0.2) is 0 Å². The summed E-state index contributed by atoms with van der Waals surface area (Å²) in [6.07, 6.45) is 4.04. The Morgan fingerprint density at radius 1 is 1.22 bits per heavy atom. The predicted molar refractivity (Wildman–Crippen MR) is 75.5 cm³/mol. The Labute approximate surface area is 111 Å². The van der Waals surface area contributed by atoms with Crippen LogP contribution in [0, 0.1) is 5.92 Å². The van der Waals surface area contributed by atoms with Gasteiger partial charge in [-0.2, -0.15) is 0 Å². The molecular formula is C16H25NO. The number of hydrogen-bond donors (Lipinski definition) is 1. The molecule has 2 heteroatoms. The predicted octanol–water partition coefficient (Wildman–Crippen LogP) is 3.45. The first-order chi connectivity index (χ1) is 8.70. The Hall–Kier alpha value is -0.860. The van der Waals surface area contributed by atoms with Crippen LogP contribution in [0.4, 0.5) is 0 Å². The first kappa shape index (κ1) is 13.6. The molecule has 2 N–H and O–H groups in total. The monoisotopic (exact) mass is 247 g/mol. The summed E-state index contributed by atoms with van der Waals surface area (Å²) in [4.78, 5) is 0. The van der Waals surface area contributed by atoms with E-state index in [1.807, 2.05) is 0 Å². The lowest BCUT2D eigenvalue weighted by Gasteiger charge is -2.18. The van der Waals surface area contributed by atoms with Gasteiger partial charge in [0.1, 0.15) is 0 Å². The minimum Gasteiger partial charge on any atom is -0.373 e. The first-order valence-corrected chi connectivity index (χ1v) is 7.11. The molecule has 0 amide bonds. The molecule has 0 heterocycles. The maximum Gasteiger partial charge on any atom is 0.0720 e. The van der Waals surface area contributed by atoms with Gasteiger partial charge in [-0.05, 0) is 42.3 Å². The molecule has 100 valence electrons. The fourth-order valence-electron chi connectivity index (χ4n) is 2.69. The standard InChI is InChI=1S/C16H25NO/c1-12(2)14-8-6-13(7-9-14)11-18-16-5-3-4-15(16)10-17/h6-9,12,15-16H,3-5,10-11,17H2,1-2H3. The van der Waals surface area contributed by atoms with Gasteiger partial charge in [-0.15, -0.1) is 0 Å². The van der Waals surface area contributed by atoms with Crippen molar-refractivity contribution in [3.8, 4) is 0 Å². The van der Waals surface area contributed by atoms with E-state index in [-0.39, 0.29) is 0 Å². The van der Waals surface area contributed by atoms with Crippen molar-refractivity contribution in [2.24, 2.45) is 11.7 Å². The molecular weight excluding hydrogens is 222 g/mol. The van der Waals surface area contributed by atoms with Gasteiger partial charge in [0.15, 0.2) is 0 Å². The highest BCUT2D eigenvalue weighted by Crippen LogP contribution is 2.28. The molecule has 0 spiro atoms. The lowest BCUT2D eigenvalue weighted by Crippen LogP contribution is -2.25. The van der Waals surface area contributed by atoms with Crippen LogP contribution in [0.1, 0.15) is 50.2 Å². The van der Waals surface area contributed by atoms with Gasteiger partial charge < -0.3 is 10.5 Å². The average molecular weight is 247 g/mol. The molecule has 0 aromatic heterocycles. The van der Waals surface area contributed by atoms with E-state index < -0.39 is 0 Å². The molecule has 1 fully saturated rings. The third-order valence-corrected chi connectivity index (χ3v) is 4.00. The van der Waals surface area contributed by atoms with Crippen molar-refractivity contribution < 1.29 is 4.74 Å². The van der Waals surface area contributed by atoms with Crippen molar-refractivity contribution in [1.29, 1.82) is 0 Å². The van der Waals surface area contributed by atoms with E-state index >= 15 is 0 Å². The van der Waals surface area contributed by atoms with Gasteiger partial charge in [-0.3, -0.25) is 0 Å². The van der Waals surface area contributed by atoms with Crippen molar-refractivity contribution in [1.82, 2.24) is 0 Å². The molecule has 1 aromatic rings. The first-order valence-electron chi connectivity index (χ1n) is 7.11. The van der Waals surface area contributed by atoms with Crippen molar-refractivity contribution in [2.45, 2.75) is 51.7 Å². The van der Waals surface area contributed by atoms with Gasteiger partial charge in [0.2, 0.25) is 0 Å². The normalized spacial score (nSPS) is 23.8. The van der Waals surface area contributed by atoms with E-state index in [1.165, 1.54) is 30.4 Å². The molecule has 1 aliphatic carbocycles. The number of rotatable bonds is 5. The van der Waals surface area contributed by atoms with Crippen LogP contribution in [0.5, 0.6) is 0 Å². The summed E-state index contributed by atoms with van der Waals surface area (Å²) in [5.74, 6) is 1.16. The van der Waals surface area contributed by atoms with Crippen LogP contribution in [0.25, 0.3) is 0 Å².